The molecule has 3 aromatic rings. The summed E-state index contributed by atoms with van der Waals surface area (Å²) in [5.41, 5.74) is 2.11. The molecule has 1 aliphatic rings. The lowest BCUT2D eigenvalue weighted by molar-refractivity contribution is 0.0641. The first-order valence-electron chi connectivity index (χ1n) is 9.05. The van der Waals surface area contributed by atoms with Crippen molar-refractivity contribution in [1.29, 1.82) is 0 Å². The summed E-state index contributed by atoms with van der Waals surface area (Å²) >= 11 is 7.53. The highest BCUT2D eigenvalue weighted by Gasteiger charge is 2.26. The van der Waals surface area contributed by atoms with Crippen molar-refractivity contribution in [2.24, 2.45) is 0 Å². The van der Waals surface area contributed by atoms with Crippen LogP contribution in [0.1, 0.15) is 47.1 Å². The summed E-state index contributed by atoms with van der Waals surface area (Å²) in [5, 5.41) is 6.48. The molecule has 1 fully saturated rings. The number of thiophene rings is 1. The maximum atomic E-state index is 13.0. The molecule has 0 spiro atoms. The van der Waals surface area contributed by atoms with Crippen LogP contribution >= 0.6 is 22.9 Å². The molecule has 4 rings (SSSR count). The summed E-state index contributed by atoms with van der Waals surface area (Å²) in [5.74, 6) is 0.163. The number of nitrogens with zero attached hydrogens (tertiary/aromatic N) is 3. The topological polar surface area (TPSA) is 38.1 Å². The molecule has 0 saturated carbocycles. The van der Waals surface area contributed by atoms with Crippen LogP contribution in [-0.4, -0.2) is 33.2 Å². The number of halogens is 1. The Labute approximate surface area is 162 Å². The van der Waals surface area contributed by atoms with Crippen molar-refractivity contribution in [1.82, 2.24) is 14.7 Å². The second-order valence-electron chi connectivity index (χ2n) is 7.04. The number of fused-ring (bicyclic) bond motifs is 1. The van der Waals surface area contributed by atoms with Crippen LogP contribution in [0.3, 0.4) is 0 Å². The van der Waals surface area contributed by atoms with E-state index in [1.54, 1.807) is 11.3 Å². The van der Waals surface area contributed by atoms with Gasteiger partial charge in [0.05, 0.1) is 17.1 Å². The average molecular weight is 388 g/mol. The van der Waals surface area contributed by atoms with Crippen molar-refractivity contribution in [2.45, 2.75) is 45.7 Å². The molecule has 136 valence electrons. The van der Waals surface area contributed by atoms with E-state index in [9.17, 15) is 4.79 Å². The highest BCUT2D eigenvalue weighted by atomic mass is 35.5. The number of benzene rings is 1. The Kier molecular flexibility index (Phi) is 4.76. The summed E-state index contributed by atoms with van der Waals surface area (Å²) in [6, 6.07) is 10.2. The molecule has 1 atom stereocenters. The molecule has 6 heteroatoms. The van der Waals surface area contributed by atoms with Gasteiger partial charge in [-0.2, -0.15) is 5.10 Å². The van der Waals surface area contributed by atoms with E-state index in [0.29, 0.717) is 12.6 Å². The minimum Gasteiger partial charge on any atom is -0.335 e. The molecule has 0 bridgehead atoms. The van der Waals surface area contributed by atoms with Crippen molar-refractivity contribution >= 4 is 39.1 Å². The van der Waals surface area contributed by atoms with Gasteiger partial charge in [-0.3, -0.25) is 9.48 Å². The molecule has 0 N–H and O–H groups in total. The van der Waals surface area contributed by atoms with E-state index in [-0.39, 0.29) is 5.91 Å². The van der Waals surface area contributed by atoms with Crippen molar-refractivity contribution < 1.29 is 4.79 Å². The van der Waals surface area contributed by atoms with E-state index in [1.165, 1.54) is 6.42 Å². The highest BCUT2D eigenvalue weighted by Crippen LogP contribution is 2.31. The molecule has 1 unspecified atom stereocenters. The zero-order chi connectivity index (χ0) is 18.3. The Balaban J connectivity index is 1.64. The zero-order valence-corrected chi connectivity index (χ0v) is 16.6. The van der Waals surface area contributed by atoms with Gasteiger partial charge in [-0.25, -0.2) is 0 Å². The predicted molar refractivity (Wildman–Crippen MR) is 107 cm³/mol. The molecule has 4 nitrogen and oxygen atoms in total. The second-order valence-corrected chi connectivity index (χ2v) is 8.51. The molecule has 0 radical (unpaired) electrons. The van der Waals surface area contributed by atoms with Crippen molar-refractivity contribution in [3.63, 3.8) is 0 Å². The summed E-state index contributed by atoms with van der Waals surface area (Å²) in [6.45, 7) is 5.70. The number of carbonyl (C=O) groups excluding carboxylic acids is 1. The molecule has 0 aliphatic carbocycles. The lowest BCUT2D eigenvalue weighted by atomic mass is 10.0. The zero-order valence-electron chi connectivity index (χ0n) is 15.0. The van der Waals surface area contributed by atoms with Gasteiger partial charge in [0.15, 0.2) is 0 Å². The molecule has 1 amide bonds. The Hall–Kier alpha value is -1.85. The molecule has 1 aromatic carbocycles. The predicted octanol–water partition coefficient (Wildman–Crippen LogP) is 5.12. The van der Waals surface area contributed by atoms with Crippen LogP contribution in [0.5, 0.6) is 0 Å². The minimum atomic E-state index is 0.163. The standard InChI is InChI=1S/C20H22ClN3OS/c1-13-5-3-4-10-23(13)19(25)18-11-17-14(2)22-24(20(17)26-18)12-15-6-8-16(21)9-7-15/h6-9,11,13H,3-5,10,12H2,1-2H3. The lowest BCUT2D eigenvalue weighted by Gasteiger charge is -2.33. The van der Waals surface area contributed by atoms with E-state index in [0.717, 1.165) is 50.8 Å². The summed E-state index contributed by atoms with van der Waals surface area (Å²) in [4.78, 5) is 16.9. The third-order valence-electron chi connectivity index (χ3n) is 5.13. The monoisotopic (exact) mass is 387 g/mol. The number of likely N-dealkylation sites (tertiary alicyclic amines) is 1. The van der Waals surface area contributed by atoms with Crippen molar-refractivity contribution in [3.05, 3.63) is 51.5 Å². The van der Waals surface area contributed by atoms with Gasteiger partial charge in [0.2, 0.25) is 0 Å². The quantitative estimate of drug-likeness (QED) is 0.625. The van der Waals surface area contributed by atoms with Gasteiger partial charge in [0, 0.05) is 23.0 Å². The van der Waals surface area contributed by atoms with E-state index in [4.69, 9.17) is 11.6 Å². The van der Waals surface area contributed by atoms with Gasteiger partial charge < -0.3 is 4.90 Å². The van der Waals surface area contributed by atoms with Gasteiger partial charge in [-0.05, 0) is 56.9 Å². The highest BCUT2D eigenvalue weighted by molar-refractivity contribution is 7.20. The number of amides is 1. The van der Waals surface area contributed by atoms with Gasteiger partial charge in [-0.1, -0.05) is 23.7 Å². The van der Waals surface area contributed by atoms with Crippen LogP contribution in [0.4, 0.5) is 0 Å². The number of aryl methyl sites for hydroxylation is 1. The molecular formula is C20H22ClN3OS. The van der Waals surface area contributed by atoms with Gasteiger partial charge >= 0.3 is 0 Å². The number of aromatic nitrogens is 2. The molecule has 1 saturated heterocycles. The van der Waals surface area contributed by atoms with Crippen LogP contribution in [0.25, 0.3) is 10.2 Å². The Bertz CT molecular complexity index is 944. The fourth-order valence-corrected chi connectivity index (χ4v) is 4.87. The summed E-state index contributed by atoms with van der Waals surface area (Å²) < 4.78 is 2.00. The molecule has 1 aliphatic heterocycles. The minimum absolute atomic E-state index is 0.163. The summed E-state index contributed by atoms with van der Waals surface area (Å²) in [7, 11) is 0. The first-order valence-corrected chi connectivity index (χ1v) is 10.2. The fourth-order valence-electron chi connectivity index (χ4n) is 3.63. The number of piperidine rings is 1. The smallest absolute Gasteiger partial charge is 0.264 e. The van der Waals surface area contributed by atoms with Crippen LogP contribution in [0.15, 0.2) is 30.3 Å². The molecule has 2 aromatic heterocycles. The number of hydrogen-bond acceptors (Lipinski definition) is 3. The van der Waals surface area contributed by atoms with E-state index >= 15 is 0 Å². The van der Waals surface area contributed by atoms with Crippen molar-refractivity contribution in [2.75, 3.05) is 6.54 Å². The van der Waals surface area contributed by atoms with Crippen molar-refractivity contribution in [3.8, 4) is 0 Å². The average Bonchev–Trinajstić information content (AvgIpc) is 3.19. The Morgan fingerprint density at radius 2 is 2.08 bits per heavy atom. The third-order valence-corrected chi connectivity index (χ3v) is 6.52. The Morgan fingerprint density at radius 3 is 2.81 bits per heavy atom. The first kappa shape index (κ1) is 17.6. The number of rotatable bonds is 3. The largest absolute Gasteiger partial charge is 0.335 e. The maximum Gasteiger partial charge on any atom is 0.264 e. The third kappa shape index (κ3) is 3.26. The number of hydrogen-bond donors (Lipinski definition) is 0. The first-order chi connectivity index (χ1) is 12.5. The van der Waals surface area contributed by atoms with Crippen LogP contribution in [0, 0.1) is 6.92 Å². The fraction of sp³-hybridized carbons (Fsp3) is 0.400. The maximum absolute atomic E-state index is 13.0. The van der Waals surface area contributed by atoms with E-state index in [2.05, 4.69) is 12.0 Å². The lowest BCUT2D eigenvalue weighted by Crippen LogP contribution is -2.41. The normalized spacial score (nSPS) is 17.8. The second kappa shape index (κ2) is 7.05. The van der Waals surface area contributed by atoms with Gasteiger partial charge in [-0.15, -0.1) is 11.3 Å². The van der Waals surface area contributed by atoms with Gasteiger partial charge in [0.1, 0.15) is 4.83 Å². The van der Waals surface area contributed by atoms with E-state index < -0.39 is 0 Å². The van der Waals surface area contributed by atoms with Crippen LogP contribution in [0.2, 0.25) is 5.02 Å². The molecule has 3 heterocycles. The van der Waals surface area contributed by atoms with Gasteiger partial charge in [0.25, 0.3) is 5.91 Å². The van der Waals surface area contributed by atoms with Crippen LogP contribution in [-0.2, 0) is 6.54 Å². The Morgan fingerprint density at radius 1 is 1.31 bits per heavy atom. The molecule has 26 heavy (non-hydrogen) atoms. The summed E-state index contributed by atoms with van der Waals surface area (Å²) in [6.07, 6.45) is 3.41. The molecular weight excluding hydrogens is 366 g/mol. The SMILES string of the molecule is Cc1nn(Cc2ccc(Cl)cc2)c2sc(C(=O)N3CCCCC3C)cc12. The number of carbonyl (C=O) groups is 1. The van der Waals surface area contributed by atoms with E-state index in [1.807, 2.05) is 46.8 Å². The van der Waals surface area contributed by atoms with Crippen LogP contribution < -0.4 is 0 Å².